The Labute approximate surface area is 169 Å². The van der Waals surface area contributed by atoms with Gasteiger partial charge in [-0.25, -0.2) is 8.42 Å². The van der Waals surface area contributed by atoms with E-state index >= 15 is 0 Å². The Bertz CT molecular complexity index is 823. The molecule has 0 spiro atoms. The van der Waals surface area contributed by atoms with Crippen LogP contribution in [0.1, 0.15) is 38.5 Å². The lowest BCUT2D eigenvalue weighted by atomic mass is 9.49. The monoisotopic (exact) mass is 428 g/mol. The molecule has 1 aliphatic heterocycles. The lowest BCUT2D eigenvalue weighted by Gasteiger charge is -2.57. The molecular weight excluding hydrogens is 404 g/mol. The van der Waals surface area contributed by atoms with Crippen LogP contribution < -0.4 is 0 Å². The first kappa shape index (κ1) is 18.4. The van der Waals surface area contributed by atoms with Gasteiger partial charge in [-0.15, -0.1) is 11.3 Å². The highest BCUT2D eigenvalue weighted by atomic mass is 35.5. The maximum atomic E-state index is 13.4. The third kappa shape index (κ3) is 3.05. The van der Waals surface area contributed by atoms with Gasteiger partial charge in [-0.3, -0.25) is 4.79 Å². The fraction of sp³-hybridized carbons (Fsp3) is 0.737. The quantitative estimate of drug-likeness (QED) is 0.740. The van der Waals surface area contributed by atoms with E-state index in [0.29, 0.717) is 36.4 Å². The van der Waals surface area contributed by atoms with Crippen molar-refractivity contribution in [2.75, 3.05) is 26.2 Å². The van der Waals surface area contributed by atoms with Gasteiger partial charge in [-0.05, 0) is 68.4 Å². The molecule has 27 heavy (non-hydrogen) atoms. The van der Waals surface area contributed by atoms with E-state index in [0.717, 1.165) is 48.4 Å². The Balaban J connectivity index is 1.28. The third-order valence-electron chi connectivity index (χ3n) is 7.16. The van der Waals surface area contributed by atoms with Crippen LogP contribution in [-0.2, 0) is 14.8 Å². The Kier molecular flexibility index (Phi) is 4.39. The van der Waals surface area contributed by atoms with Gasteiger partial charge in [0.2, 0.25) is 5.91 Å². The van der Waals surface area contributed by atoms with Gasteiger partial charge in [-0.2, -0.15) is 4.31 Å². The van der Waals surface area contributed by atoms with E-state index in [1.165, 1.54) is 23.6 Å². The summed E-state index contributed by atoms with van der Waals surface area (Å²) in [6.07, 6.45) is 7.14. The third-order valence-corrected chi connectivity index (χ3v) is 10.8. The van der Waals surface area contributed by atoms with Crippen LogP contribution in [0.4, 0.5) is 0 Å². The fourth-order valence-corrected chi connectivity index (χ4v) is 9.46. The van der Waals surface area contributed by atoms with Crippen molar-refractivity contribution in [3.63, 3.8) is 0 Å². The van der Waals surface area contributed by atoms with E-state index in [1.807, 2.05) is 4.90 Å². The van der Waals surface area contributed by atoms with Crippen LogP contribution in [0.5, 0.6) is 0 Å². The van der Waals surface area contributed by atoms with E-state index in [4.69, 9.17) is 11.6 Å². The first-order valence-corrected chi connectivity index (χ1v) is 12.5. The summed E-state index contributed by atoms with van der Waals surface area (Å²) in [7, 11) is -3.51. The molecule has 5 aliphatic rings. The topological polar surface area (TPSA) is 57.7 Å². The molecule has 0 unspecified atom stereocenters. The number of sulfonamides is 1. The summed E-state index contributed by atoms with van der Waals surface area (Å²) < 4.78 is 27.8. The first-order chi connectivity index (χ1) is 12.9. The fourth-order valence-electron chi connectivity index (χ4n) is 6.40. The number of hydrogen-bond donors (Lipinski definition) is 0. The minimum atomic E-state index is -3.51. The smallest absolute Gasteiger partial charge is 0.252 e. The minimum Gasteiger partial charge on any atom is -0.340 e. The molecule has 0 atom stereocenters. The van der Waals surface area contributed by atoms with Gasteiger partial charge in [-0.1, -0.05) is 11.6 Å². The van der Waals surface area contributed by atoms with Crippen LogP contribution in [0.2, 0.25) is 4.34 Å². The Morgan fingerprint density at radius 3 is 2.04 bits per heavy atom. The van der Waals surface area contributed by atoms with Gasteiger partial charge in [0.1, 0.15) is 4.21 Å². The highest BCUT2D eigenvalue weighted by molar-refractivity contribution is 7.91. The van der Waals surface area contributed by atoms with E-state index in [-0.39, 0.29) is 9.62 Å². The Hall–Kier alpha value is -0.630. The zero-order chi connectivity index (χ0) is 18.8. The van der Waals surface area contributed by atoms with Gasteiger partial charge >= 0.3 is 0 Å². The highest BCUT2D eigenvalue weighted by Crippen LogP contribution is 2.60. The molecule has 4 bridgehead atoms. The number of rotatable bonds is 3. The highest BCUT2D eigenvalue weighted by Gasteiger charge is 2.55. The molecular formula is C19H25ClN2O3S2. The van der Waals surface area contributed by atoms with E-state index < -0.39 is 10.0 Å². The van der Waals surface area contributed by atoms with Gasteiger partial charge in [0.25, 0.3) is 10.0 Å². The molecule has 0 radical (unpaired) electrons. The van der Waals surface area contributed by atoms with Crippen molar-refractivity contribution in [2.24, 2.45) is 23.2 Å². The summed E-state index contributed by atoms with van der Waals surface area (Å²) >= 11 is 6.99. The molecule has 4 saturated carbocycles. The maximum absolute atomic E-state index is 13.4. The lowest BCUT2D eigenvalue weighted by Crippen LogP contribution is -2.58. The van der Waals surface area contributed by atoms with Crippen LogP contribution in [-0.4, -0.2) is 49.7 Å². The van der Waals surface area contributed by atoms with Crippen molar-refractivity contribution < 1.29 is 13.2 Å². The molecule has 5 fully saturated rings. The van der Waals surface area contributed by atoms with E-state index in [1.54, 1.807) is 12.1 Å². The van der Waals surface area contributed by atoms with Crippen LogP contribution in [0.25, 0.3) is 0 Å². The molecule has 1 saturated heterocycles. The second-order valence-corrected chi connectivity index (χ2v) is 12.8. The van der Waals surface area contributed by atoms with Crippen molar-refractivity contribution in [3.8, 4) is 0 Å². The summed E-state index contributed by atoms with van der Waals surface area (Å²) in [5.41, 5.74) is -0.142. The van der Waals surface area contributed by atoms with Crippen molar-refractivity contribution >= 4 is 38.9 Å². The summed E-state index contributed by atoms with van der Waals surface area (Å²) in [5.74, 6) is 2.53. The van der Waals surface area contributed by atoms with Gasteiger partial charge in [0.15, 0.2) is 0 Å². The number of carbonyl (C=O) groups is 1. The van der Waals surface area contributed by atoms with Crippen molar-refractivity contribution in [3.05, 3.63) is 16.5 Å². The number of amides is 1. The molecule has 0 aromatic carbocycles. The molecule has 6 rings (SSSR count). The Morgan fingerprint density at radius 2 is 1.56 bits per heavy atom. The van der Waals surface area contributed by atoms with Crippen molar-refractivity contribution in [1.29, 1.82) is 0 Å². The number of halogens is 1. The van der Waals surface area contributed by atoms with Crippen molar-refractivity contribution in [2.45, 2.75) is 42.7 Å². The average Bonchev–Trinajstić information content (AvgIpc) is 3.07. The minimum absolute atomic E-state index is 0.142. The van der Waals surface area contributed by atoms with Crippen LogP contribution in [0.3, 0.4) is 0 Å². The predicted octanol–water partition coefficient (Wildman–Crippen LogP) is 3.45. The summed E-state index contributed by atoms with van der Waals surface area (Å²) in [4.78, 5) is 15.4. The number of hydrogen-bond acceptors (Lipinski definition) is 4. The number of carbonyl (C=O) groups excluding carboxylic acids is 1. The zero-order valence-electron chi connectivity index (χ0n) is 15.3. The molecule has 4 aliphatic carbocycles. The SMILES string of the molecule is O=C(N1CCN(S(=O)(=O)c2ccc(Cl)s2)CC1)C12CC3CC(CC(C3)C1)C2. The molecule has 0 N–H and O–H groups in total. The molecule has 2 heterocycles. The number of thiophene rings is 1. The molecule has 5 nitrogen and oxygen atoms in total. The first-order valence-electron chi connectivity index (χ1n) is 9.91. The second kappa shape index (κ2) is 6.44. The molecule has 1 aromatic rings. The number of piperazine rings is 1. The molecule has 1 amide bonds. The summed E-state index contributed by atoms with van der Waals surface area (Å²) in [5, 5.41) is 0. The van der Waals surface area contributed by atoms with Gasteiger partial charge in [0.05, 0.1) is 9.75 Å². The predicted molar refractivity (Wildman–Crippen MR) is 105 cm³/mol. The van der Waals surface area contributed by atoms with Gasteiger partial charge in [0, 0.05) is 26.2 Å². The van der Waals surface area contributed by atoms with Gasteiger partial charge < -0.3 is 4.90 Å². The van der Waals surface area contributed by atoms with Crippen LogP contribution in [0, 0.1) is 23.2 Å². The number of nitrogens with zero attached hydrogens (tertiary/aromatic N) is 2. The van der Waals surface area contributed by atoms with Crippen molar-refractivity contribution in [1.82, 2.24) is 9.21 Å². The maximum Gasteiger partial charge on any atom is 0.252 e. The van der Waals surface area contributed by atoms with Crippen LogP contribution in [0.15, 0.2) is 16.3 Å². The average molecular weight is 429 g/mol. The molecule has 1 aromatic heterocycles. The Morgan fingerprint density at radius 1 is 1.00 bits per heavy atom. The largest absolute Gasteiger partial charge is 0.340 e. The van der Waals surface area contributed by atoms with E-state index in [2.05, 4.69) is 0 Å². The summed E-state index contributed by atoms with van der Waals surface area (Å²) in [6.45, 7) is 1.74. The lowest BCUT2D eigenvalue weighted by molar-refractivity contribution is -0.158. The second-order valence-electron chi connectivity index (χ2n) is 8.95. The summed E-state index contributed by atoms with van der Waals surface area (Å²) in [6, 6.07) is 3.18. The standard InChI is InChI=1S/C19H25ClN2O3S2/c20-16-1-2-17(26-16)27(24,25)22-5-3-21(4-6-22)18(23)19-10-13-7-14(11-19)9-15(8-13)12-19/h1-2,13-15H,3-12H2. The van der Waals surface area contributed by atoms with Crippen LogP contribution >= 0.6 is 22.9 Å². The zero-order valence-corrected chi connectivity index (χ0v) is 17.7. The van der Waals surface area contributed by atoms with E-state index in [9.17, 15) is 13.2 Å². The normalized spacial score (nSPS) is 36.3. The molecule has 148 valence electrons. The molecule has 8 heteroatoms.